The summed E-state index contributed by atoms with van der Waals surface area (Å²) in [6, 6.07) is 1.48. The number of hydrogen-bond acceptors (Lipinski definition) is 8. The molecule has 0 aromatic carbocycles. The average molecular weight is 823 g/mol. The van der Waals surface area contributed by atoms with Crippen LogP contribution in [0.4, 0.5) is 0 Å². The van der Waals surface area contributed by atoms with E-state index in [1.807, 2.05) is 0 Å². The molecule has 0 aliphatic rings. The second kappa shape index (κ2) is 26.3. The highest BCUT2D eigenvalue weighted by atomic mass is 15.7. The topological polar surface area (TPSA) is 25.9 Å². The van der Waals surface area contributed by atoms with Crippen molar-refractivity contribution < 1.29 is 0 Å². The van der Waals surface area contributed by atoms with E-state index in [1.165, 1.54) is 25.7 Å². The molecule has 0 heterocycles. The van der Waals surface area contributed by atoms with Crippen LogP contribution in [-0.4, -0.2) is 159 Å². The average Bonchev–Trinajstić information content (AvgIpc) is 3.12. The zero-order chi connectivity index (χ0) is 45.4. The SMILES string of the molecule is CCCCN(CCCC)C(N(CC(C)C)CC(C)(C)N(N(C(C)CC)C(C)CC)C(C)(C)C)(N(C(C)C)C(C)C)C(C)(C(N(C)C)N(CC)CC)N(CCC)CCC. The molecule has 0 aromatic rings. The van der Waals surface area contributed by atoms with E-state index in [-0.39, 0.29) is 22.8 Å². The van der Waals surface area contributed by atoms with Crippen LogP contribution >= 0.6 is 0 Å². The van der Waals surface area contributed by atoms with E-state index in [2.05, 4.69) is 206 Å². The van der Waals surface area contributed by atoms with E-state index in [4.69, 9.17) is 0 Å². The molecule has 5 atom stereocenters. The van der Waals surface area contributed by atoms with Crippen LogP contribution in [-0.2, 0) is 0 Å². The number of nitrogens with zero attached hydrogens (tertiary/aromatic N) is 8. The van der Waals surface area contributed by atoms with Crippen LogP contribution in [0.15, 0.2) is 0 Å². The first-order valence-electron chi connectivity index (χ1n) is 24.9. The molecule has 0 radical (unpaired) electrons. The summed E-state index contributed by atoms with van der Waals surface area (Å²) in [6.45, 7) is 62.7. The van der Waals surface area contributed by atoms with Crippen molar-refractivity contribution in [3.63, 3.8) is 0 Å². The first kappa shape index (κ1) is 57.7. The van der Waals surface area contributed by atoms with E-state index < -0.39 is 5.79 Å². The molecule has 0 aliphatic carbocycles. The lowest BCUT2D eigenvalue weighted by atomic mass is 9.77. The summed E-state index contributed by atoms with van der Waals surface area (Å²) in [5.74, 6) is -0.00955. The van der Waals surface area contributed by atoms with Crippen LogP contribution in [0.3, 0.4) is 0 Å². The maximum atomic E-state index is 3.12. The molecule has 8 heteroatoms. The lowest BCUT2D eigenvalue weighted by Gasteiger charge is -2.72. The van der Waals surface area contributed by atoms with Gasteiger partial charge in [0.15, 0.2) is 5.79 Å². The fourth-order valence-corrected chi connectivity index (χ4v) is 11.3. The molecule has 350 valence electrons. The van der Waals surface area contributed by atoms with Crippen molar-refractivity contribution in [1.29, 1.82) is 0 Å². The van der Waals surface area contributed by atoms with Crippen molar-refractivity contribution in [2.45, 2.75) is 256 Å². The smallest absolute Gasteiger partial charge is 0.153 e. The molecule has 0 fully saturated rings. The molecule has 0 saturated carbocycles. The Morgan fingerprint density at radius 3 is 1.24 bits per heavy atom. The molecule has 5 unspecified atom stereocenters. The predicted octanol–water partition coefficient (Wildman–Crippen LogP) is 11.4. The summed E-state index contributed by atoms with van der Waals surface area (Å²) in [4.78, 5) is 17.7. The van der Waals surface area contributed by atoms with Gasteiger partial charge in [-0.25, -0.2) is 10.0 Å². The number of hydrogen-bond donors (Lipinski definition) is 0. The third-order valence-electron chi connectivity index (χ3n) is 13.1. The first-order valence-corrected chi connectivity index (χ1v) is 24.9. The highest BCUT2D eigenvalue weighted by Gasteiger charge is 2.67. The Bertz CT molecular complexity index is 1020. The minimum absolute atomic E-state index is 0.0877. The minimum Gasteiger partial charge on any atom is -0.292 e. The third kappa shape index (κ3) is 13.8. The zero-order valence-corrected chi connectivity index (χ0v) is 44.4. The molecule has 0 aromatic heterocycles. The van der Waals surface area contributed by atoms with Crippen molar-refractivity contribution in [2.75, 3.05) is 66.5 Å². The van der Waals surface area contributed by atoms with Gasteiger partial charge in [0.1, 0.15) is 0 Å². The summed E-state index contributed by atoms with van der Waals surface area (Å²) in [5, 5.41) is 5.67. The van der Waals surface area contributed by atoms with Crippen molar-refractivity contribution >= 4 is 0 Å². The van der Waals surface area contributed by atoms with Gasteiger partial charge >= 0.3 is 0 Å². The maximum absolute atomic E-state index is 3.12. The van der Waals surface area contributed by atoms with Gasteiger partial charge in [-0.2, -0.15) is 0 Å². The fraction of sp³-hybridized carbons (Fsp3) is 1.00. The minimum atomic E-state index is -0.482. The van der Waals surface area contributed by atoms with Gasteiger partial charge in [-0.3, -0.25) is 29.4 Å². The van der Waals surface area contributed by atoms with Crippen LogP contribution < -0.4 is 0 Å². The van der Waals surface area contributed by atoms with E-state index in [0.717, 1.165) is 78.0 Å². The van der Waals surface area contributed by atoms with Gasteiger partial charge in [0.2, 0.25) is 0 Å². The molecule has 0 saturated heterocycles. The molecule has 0 rings (SSSR count). The molecule has 0 bridgehead atoms. The Kier molecular flexibility index (Phi) is 26.2. The van der Waals surface area contributed by atoms with Crippen LogP contribution in [0, 0.1) is 5.92 Å². The molecule has 8 nitrogen and oxygen atoms in total. The predicted molar refractivity (Wildman–Crippen MR) is 261 cm³/mol. The second-order valence-electron chi connectivity index (χ2n) is 21.1. The lowest BCUT2D eigenvalue weighted by Crippen LogP contribution is -2.90. The summed E-state index contributed by atoms with van der Waals surface area (Å²) < 4.78 is 0. The van der Waals surface area contributed by atoms with E-state index >= 15 is 0 Å². The highest BCUT2D eigenvalue weighted by Crippen LogP contribution is 2.48. The van der Waals surface area contributed by atoms with Gasteiger partial charge < -0.3 is 0 Å². The monoisotopic (exact) mass is 823 g/mol. The van der Waals surface area contributed by atoms with Gasteiger partial charge in [-0.1, -0.05) is 82.1 Å². The quantitative estimate of drug-likeness (QED) is 0.0489. The third-order valence-corrected chi connectivity index (χ3v) is 13.1. The largest absolute Gasteiger partial charge is 0.292 e. The first-order chi connectivity index (χ1) is 26.9. The standard InChI is InChI=1S/C50H110N8/c1-25-33-37-54(38-34-26-2)50(56(42(11)12)43(13)14,49(22,53(35-27-3)36-28-4)46(51(23)24)52(31-7)32-8)55(39-41(9)10)40-48(20,21)58(47(17,18)19)57(44(15)29-5)45(16)30-6/h41-46H,25-40H2,1-24H3. The fourth-order valence-electron chi connectivity index (χ4n) is 11.3. The van der Waals surface area contributed by atoms with Gasteiger partial charge in [-0.05, 0) is 168 Å². The van der Waals surface area contributed by atoms with Crippen LogP contribution in [0.5, 0.6) is 0 Å². The highest BCUT2D eigenvalue weighted by molar-refractivity contribution is 5.17. The van der Waals surface area contributed by atoms with Gasteiger partial charge in [0.05, 0.1) is 11.7 Å². The number of likely N-dealkylation sites (N-methyl/N-ethyl adjacent to an activating group) is 2. The Morgan fingerprint density at radius 2 is 0.948 bits per heavy atom. The summed E-state index contributed by atoms with van der Waals surface area (Å²) in [6.07, 6.45) is 9.41. The Labute approximate surface area is 367 Å². The molecular weight excluding hydrogens is 713 g/mol. The van der Waals surface area contributed by atoms with E-state index in [9.17, 15) is 0 Å². The summed E-state index contributed by atoms with van der Waals surface area (Å²) >= 11 is 0. The Morgan fingerprint density at radius 1 is 0.517 bits per heavy atom. The Balaban J connectivity index is 9.70. The van der Waals surface area contributed by atoms with Crippen molar-refractivity contribution in [2.24, 2.45) is 5.92 Å². The normalized spacial score (nSPS) is 17.4. The maximum Gasteiger partial charge on any atom is 0.153 e. The molecule has 0 amide bonds. The number of rotatable bonds is 32. The van der Waals surface area contributed by atoms with E-state index in [0.29, 0.717) is 30.1 Å². The van der Waals surface area contributed by atoms with Crippen molar-refractivity contribution in [3.8, 4) is 0 Å². The summed E-state index contributed by atoms with van der Waals surface area (Å²) in [7, 11) is 4.77. The second-order valence-corrected chi connectivity index (χ2v) is 21.1. The lowest BCUT2D eigenvalue weighted by molar-refractivity contribution is -0.299. The van der Waals surface area contributed by atoms with Crippen molar-refractivity contribution in [1.82, 2.24) is 39.4 Å². The zero-order valence-electron chi connectivity index (χ0n) is 44.4. The molecule has 58 heavy (non-hydrogen) atoms. The van der Waals surface area contributed by atoms with Gasteiger partial charge in [0, 0.05) is 61.4 Å². The molecular formula is C50H110N8. The van der Waals surface area contributed by atoms with Crippen LogP contribution in [0.25, 0.3) is 0 Å². The van der Waals surface area contributed by atoms with Gasteiger partial charge in [0.25, 0.3) is 0 Å². The molecule has 0 N–H and O–H groups in total. The molecule has 0 spiro atoms. The number of hydrazine groups is 1. The molecule has 0 aliphatic heterocycles. The van der Waals surface area contributed by atoms with Crippen molar-refractivity contribution in [3.05, 3.63) is 0 Å². The Hall–Kier alpha value is -0.320. The van der Waals surface area contributed by atoms with Gasteiger partial charge in [-0.15, -0.1) is 0 Å². The number of unbranched alkanes of at least 4 members (excludes halogenated alkanes) is 2. The van der Waals surface area contributed by atoms with E-state index in [1.54, 1.807) is 0 Å². The summed E-state index contributed by atoms with van der Waals surface area (Å²) in [5.41, 5.74) is -0.652. The van der Waals surface area contributed by atoms with Crippen LogP contribution in [0.2, 0.25) is 0 Å². The van der Waals surface area contributed by atoms with Crippen LogP contribution in [0.1, 0.15) is 204 Å².